The Labute approximate surface area is 237 Å². The minimum absolute atomic E-state index is 0.163. The van der Waals surface area contributed by atoms with Crippen LogP contribution in [0.4, 0.5) is 4.79 Å². The number of aromatic nitrogens is 2. The number of rotatable bonds is 5. The molecular formula is C31H43N5O4. The highest BCUT2D eigenvalue weighted by Gasteiger charge is 2.28. The lowest BCUT2D eigenvalue weighted by molar-refractivity contribution is -0.156. The van der Waals surface area contributed by atoms with Gasteiger partial charge in [-0.1, -0.05) is 24.3 Å². The van der Waals surface area contributed by atoms with Gasteiger partial charge in [-0.3, -0.25) is 14.4 Å². The molecule has 2 aromatic rings. The topological polar surface area (TPSA) is 101 Å². The zero-order valence-electron chi connectivity index (χ0n) is 24.8. The van der Waals surface area contributed by atoms with Crippen molar-refractivity contribution in [2.45, 2.75) is 84.5 Å². The maximum Gasteiger partial charge on any atom is 0.410 e. The molecule has 0 unspecified atom stereocenters. The Balaban J connectivity index is 1.41. The molecule has 3 heterocycles. The molecule has 0 spiro atoms. The van der Waals surface area contributed by atoms with Gasteiger partial charge < -0.3 is 14.4 Å². The van der Waals surface area contributed by atoms with Crippen LogP contribution in [0.1, 0.15) is 84.5 Å². The maximum atomic E-state index is 12.4. The van der Waals surface area contributed by atoms with Crippen LogP contribution in [-0.2, 0) is 14.3 Å². The highest BCUT2D eigenvalue weighted by atomic mass is 16.6. The number of carbonyl (C=O) groups excluding carboxylic acids is 2. The number of hydrogen-bond donors (Lipinski definition) is 0. The van der Waals surface area contributed by atoms with Crippen LogP contribution < -0.4 is 0 Å². The Morgan fingerprint density at radius 3 is 2.25 bits per heavy atom. The fraction of sp³-hybridized carbons (Fsp3) is 0.613. The molecule has 216 valence electrons. The summed E-state index contributed by atoms with van der Waals surface area (Å²) in [6.45, 7) is 14.5. The van der Waals surface area contributed by atoms with Crippen LogP contribution in [0.5, 0.6) is 0 Å². The van der Waals surface area contributed by atoms with Gasteiger partial charge in [0.25, 0.3) is 0 Å². The number of ether oxygens (including phenoxy) is 2. The van der Waals surface area contributed by atoms with Crippen LogP contribution in [0, 0.1) is 17.2 Å². The third-order valence-electron chi connectivity index (χ3n) is 7.29. The highest BCUT2D eigenvalue weighted by Crippen LogP contribution is 2.31. The lowest BCUT2D eigenvalue weighted by Gasteiger charge is -2.32. The van der Waals surface area contributed by atoms with E-state index in [9.17, 15) is 14.9 Å². The van der Waals surface area contributed by atoms with Gasteiger partial charge in [-0.2, -0.15) is 10.4 Å². The summed E-state index contributed by atoms with van der Waals surface area (Å²) in [7, 11) is 0. The van der Waals surface area contributed by atoms with E-state index < -0.39 is 11.2 Å². The normalized spacial score (nSPS) is 18.3. The predicted molar refractivity (Wildman–Crippen MR) is 155 cm³/mol. The molecule has 0 atom stereocenters. The number of piperidine rings is 2. The number of likely N-dealkylation sites (tertiary alicyclic amines) is 2. The quantitative estimate of drug-likeness (QED) is 0.451. The van der Waals surface area contributed by atoms with Gasteiger partial charge in [-0.15, -0.1) is 0 Å². The van der Waals surface area contributed by atoms with E-state index in [0.717, 1.165) is 55.2 Å². The number of benzene rings is 1. The van der Waals surface area contributed by atoms with Gasteiger partial charge in [0.2, 0.25) is 0 Å². The fourth-order valence-corrected chi connectivity index (χ4v) is 5.43. The van der Waals surface area contributed by atoms with Crippen LogP contribution >= 0.6 is 0 Å². The largest absolute Gasteiger partial charge is 0.459 e. The van der Waals surface area contributed by atoms with Crippen LogP contribution in [-0.4, -0.2) is 75.6 Å². The monoisotopic (exact) mass is 549 g/mol. The van der Waals surface area contributed by atoms with Crippen molar-refractivity contribution in [2.24, 2.45) is 5.92 Å². The number of amides is 1. The predicted octanol–water partition coefficient (Wildman–Crippen LogP) is 5.55. The summed E-state index contributed by atoms with van der Waals surface area (Å²) < 4.78 is 13.0. The smallest absolute Gasteiger partial charge is 0.410 e. The fourth-order valence-electron chi connectivity index (χ4n) is 5.43. The van der Waals surface area contributed by atoms with Crippen molar-refractivity contribution in [3.8, 4) is 6.07 Å². The Hall–Kier alpha value is -3.38. The summed E-state index contributed by atoms with van der Waals surface area (Å²) in [5, 5.41) is 15.5. The first-order chi connectivity index (χ1) is 18.8. The van der Waals surface area contributed by atoms with Gasteiger partial charge in [0, 0.05) is 31.6 Å². The Bertz CT molecular complexity index is 1280. The number of fused-ring (bicyclic) bond motifs is 1. The van der Waals surface area contributed by atoms with Crippen LogP contribution in [0.15, 0.2) is 24.3 Å². The van der Waals surface area contributed by atoms with E-state index in [1.165, 1.54) is 0 Å². The molecule has 1 aromatic heterocycles. The number of esters is 1. The zero-order chi connectivity index (χ0) is 29.1. The van der Waals surface area contributed by atoms with E-state index in [1.54, 1.807) is 4.90 Å². The van der Waals surface area contributed by atoms with Crippen molar-refractivity contribution in [1.29, 1.82) is 5.26 Å². The number of carbonyl (C=O) groups is 2. The molecule has 2 aliphatic heterocycles. The zero-order valence-corrected chi connectivity index (χ0v) is 24.8. The van der Waals surface area contributed by atoms with Crippen molar-refractivity contribution in [1.82, 2.24) is 19.6 Å². The Morgan fingerprint density at radius 2 is 1.65 bits per heavy atom. The molecule has 0 radical (unpaired) electrons. The van der Waals surface area contributed by atoms with Crippen molar-refractivity contribution >= 4 is 29.0 Å². The summed E-state index contributed by atoms with van der Waals surface area (Å²) in [5.41, 5.74) is 1.40. The molecule has 9 heteroatoms. The second kappa shape index (κ2) is 12.0. The van der Waals surface area contributed by atoms with E-state index in [-0.39, 0.29) is 18.1 Å². The third kappa shape index (κ3) is 7.63. The molecule has 2 aliphatic rings. The van der Waals surface area contributed by atoms with E-state index in [2.05, 4.69) is 23.1 Å². The number of nitrogens with zero attached hydrogens (tertiary/aromatic N) is 5. The molecule has 1 amide bonds. The van der Waals surface area contributed by atoms with Crippen molar-refractivity contribution < 1.29 is 19.1 Å². The van der Waals surface area contributed by atoms with Gasteiger partial charge in [-0.25, -0.2) is 4.79 Å². The minimum atomic E-state index is -0.494. The Kier molecular flexibility index (Phi) is 8.89. The molecule has 0 bridgehead atoms. The number of allylic oxidation sites excluding steroid dienone is 1. The average Bonchev–Trinajstić information content (AvgIpc) is 3.25. The van der Waals surface area contributed by atoms with Gasteiger partial charge in [0.15, 0.2) is 5.69 Å². The second-order valence-corrected chi connectivity index (χ2v) is 12.9. The maximum absolute atomic E-state index is 12.4. The molecule has 1 aromatic carbocycles. The first kappa shape index (κ1) is 29.6. The van der Waals surface area contributed by atoms with E-state index in [4.69, 9.17) is 14.6 Å². The summed E-state index contributed by atoms with van der Waals surface area (Å²) in [6.07, 6.45) is 7.50. The van der Waals surface area contributed by atoms with Gasteiger partial charge in [0.05, 0.1) is 18.1 Å². The average molecular weight is 550 g/mol. The van der Waals surface area contributed by atoms with Gasteiger partial charge in [-0.05, 0) is 84.8 Å². The first-order valence-corrected chi connectivity index (χ1v) is 14.3. The molecule has 9 nitrogen and oxygen atoms in total. The van der Waals surface area contributed by atoms with Crippen LogP contribution in [0.25, 0.3) is 17.0 Å². The highest BCUT2D eigenvalue weighted by molar-refractivity contribution is 5.92. The molecule has 2 saturated heterocycles. The standard InChI is InChI=1S/C31H43N5O4/c1-30(2,3)39-27(37)21-34-16-14-24(15-17-34)36-26-9-7-8-23(28(26)25(20-32)33-36)11-10-22-12-18-35(19-13-22)29(38)40-31(4,5)6/h7-11,22,24H,12-19,21H2,1-6H3. The van der Waals surface area contributed by atoms with Crippen molar-refractivity contribution in [2.75, 3.05) is 32.7 Å². The van der Waals surface area contributed by atoms with Crippen LogP contribution in [0.2, 0.25) is 0 Å². The molecule has 0 aliphatic carbocycles. The lowest BCUT2D eigenvalue weighted by Crippen LogP contribution is -2.41. The van der Waals surface area contributed by atoms with E-state index >= 15 is 0 Å². The van der Waals surface area contributed by atoms with E-state index in [0.29, 0.717) is 31.2 Å². The third-order valence-corrected chi connectivity index (χ3v) is 7.29. The second-order valence-electron chi connectivity index (χ2n) is 12.9. The van der Waals surface area contributed by atoms with Gasteiger partial charge >= 0.3 is 12.1 Å². The number of nitriles is 1. The molecule has 2 fully saturated rings. The molecule has 0 N–H and O–H groups in total. The van der Waals surface area contributed by atoms with Crippen molar-refractivity contribution in [3.63, 3.8) is 0 Å². The van der Waals surface area contributed by atoms with E-state index in [1.807, 2.05) is 64.4 Å². The SMILES string of the molecule is CC(C)(C)OC(=O)CN1CCC(n2nc(C#N)c3c(C=CC4CCN(C(=O)OC(C)(C)C)CC4)cccc32)CC1. The van der Waals surface area contributed by atoms with Gasteiger partial charge in [0.1, 0.15) is 17.3 Å². The molecular weight excluding hydrogens is 506 g/mol. The lowest BCUT2D eigenvalue weighted by atomic mass is 9.95. The first-order valence-electron chi connectivity index (χ1n) is 14.3. The number of hydrogen-bond acceptors (Lipinski definition) is 7. The molecule has 0 saturated carbocycles. The molecule has 4 rings (SSSR count). The van der Waals surface area contributed by atoms with Crippen molar-refractivity contribution in [3.05, 3.63) is 35.5 Å². The Morgan fingerprint density at radius 1 is 1.00 bits per heavy atom. The molecule has 40 heavy (non-hydrogen) atoms. The van der Waals surface area contributed by atoms with Crippen LogP contribution in [0.3, 0.4) is 0 Å². The summed E-state index contributed by atoms with van der Waals surface area (Å²) in [5.74, 6) is 0.151. The summed E-state index contributed by atoms with van der Waals surface area (Å²) >= 11 is 0. The summed E-state index contributed by atoms with van der Waals surface area (Å²) in [6, 6.07) is 8.55. The minimum Gasteiger partial charge on any atom is -0.459 e. The summed E-state index contributed by atoms with van der Waals surface area (Å²) in [4.78, 5) is 28.6.